The zero-order valence-corrected chi connectivity index (χ0v) is 23.7. The summed E-state index contributed by atoms with van der Waals surface area (Å²) in [5.41, 5.74) is -3.92. The molecule has 0 spiro atoms. The number of carbonyl (C=O) groups excluding carboxylic acids is 2. The third-order valence-corrected chi connectivity index (χ3v) is 11.9. The molecule has 6 rings (SSSR count). The van der Waals surface area contributed by atoms with E-state index >= 15 is 0 Å². The zero-order valence-electron chi connectivity index (χ0n) is 23.7. The normalized spacial score (nSPS) is 52.5. The maximum absolute atomic E-state index is 13.0. The Morgan fingerprint density at radius 2 is 1.76 bits per heavy atom. The first-order valence-electron chi connectivity index (χ1n) is 14.5. The number of aldehydes is 1. The van der Waals surface area contributed by atoms with Crippen LogP contribution in [0.3, 0.4) is 0 Å². The van der Waals surface area contributed by atoms with Crippen molar-refractivity contribution in [3.63, 3.8) is 0 Å². The van der Waals surface area contributed by atoms with E-state index in [1.54, 1.807) is 6.92 Å². The fraction of sp³-hybridized carbons (Fsp3) is 0.862. The van der Waals surface area contributed by atoms with Gasteiger partial charge in [-0.1, -0.05) is 6.92 Å². The molecule has 0 bridgehead atoms. The van der Waals surface area contributed by atoms with E-state index in [0.717, 1.165) is 11.9 Å². The number of ether oxygens (including phenoxy) is 3. The Hall–Kier alpha value is -1.48. The van der Waals surface area contributed by atoms with Gasteiger partial charge >= 0.3 is 5.97 Å². The summed E-state index contributed by atoms with van der Waals surface area (Å²) >= 11 is 0. The Morgan fingerprint density at radius 3 is 2.41 bits per heavy atom. The molecule has 0 amide bonds. The average Bonchev–Trinajstić information content (AvgIpc) is 3.43. The molecule has 0 aromatic heterocycles. The average molecular weight is 587 g/mol. The van der Waals surface area contributed by atoms with Gasteiger partial charge < -0.3 is 55.5 Å². The minimum Gasteiger partial charge on any atom is -0.458 e. The molecule has 12 nitrogen and oxygen atoms in total. The molecule has 12 heteroatoms. The highest BCUT2D eigenvalue weighted by atomic mass is 16.7. The van der Waals surface area contributed by atoms with E-state index in [4.69, 9.17) is 14.2 Å². The van der Waals surface area contributed by atoms with Gasteiger partial charge in [-0.3, -0.25) is 0 Å². The smallest absolute Gasteiger partial charge is 0.331 e. The Kier molecular flexibility index (Phi) is 8.63. The van der Waals surface area contributed by atoms with Crippen molar-refractivity contribution in [2.75, 3.05) is 6.61 Å². The third kappa shape index (κ3) is 4.44. The van der Waals surface area contributed by atoms with Crippen molar-refractivity contribution in [2.45, 2.75) is 120 Å². The van der Waals surface area contributed by atoms with Crippen LogP contribution in [-0.4, -0.2) is 103 Å². The number of aliphatic hydroxyl groups excluding tert-OH is 3. The lowest BCUT2D eigenvalue weighted by molar-refractivity contribution is -0.302. The van der Waals surface area contributed by atoms with Gasteiger partial charge in [0.1, 0.15) is 19.0 Å². The van der Waals surface area contributed by atoms with Gasteiger partial charge in [0.2, 0.25) is 0 Å². The number of cyclic esters (lactones) is 1. The summed E-state index contributed by atoms with van der Waals surface area (Å²) in [5.74, 6) is -1.32. The van der Waals surface area contributed by atoms with Crippen LogP contribution < -0.4 is 0 Å². The van der Waals surface area contributed by atoms with Gasteiger partial charge in [-0.25, -0.2) is 4.79 Å². The van der Waals surface area contributed by atoms with Crippen LogP contribution in [0, 0.1) is 28.6 Å². The molecule has 0 radical (unpaired) electrons. The Labute approximate surface area is 239 Å². The molecule has 0 unspecified atom stereocenters. The third-order valence-electron chi connectivity index (χ3n) is 11.9. The standard InChI is InChI=1S/C29H42O10.2H2O/c1-15-9-21(31)24(34)25(38-15)39-17-3-6-27(14-30)20-11-22(32)26(2)18(16-10-23(33)37-13-16)5-8-29(26,36)19(20)4-7-28(27,35)12-17;;/h10,14-15,17-22,24-25,31-32,34-36H,3-9,11-13H2,1-2H3;2*1H2/t15-,17+,18-,19-,20+,21-,22-,24-,25+,26+,27+,28+,29+;;/m1../s1. The van der Waals surface area contributed by atoms with Crippen molar-refractivity contribution >= 4 is 12.3 Å². The Balaban J connectivity index is 0.00000194. The van der Waals surface area contributed by atoms with Crippen LogP contribution in [-0.2, 0) is 23.8 Å². The summed E-state index contributed by atoms with van der Waals surface area (Å²) < 4.78 is 17.0. The molecule has 2 aliphatic heterocycles. The van der Waals surface area contributed by atoms with Crippen LogP contribution in [0.25, 0.3) is 0 Å². The van der Waals surface area contributed by atoms with E-state index in [9.17, 15) is 35.1 Å². The molecule has 9 N–H and O–H groups in total. The highest BCUT2D eigenvalue weighted by Crippen LogP contribution is 2.70. The quantitative estimate of drug-likeness (QED) is 0.155. The van der Waals surface area contributed by atoms with Crippen LogP contribution in [0.1, 0.15) is 71.6 Å². The van der Waals surface area contributed by atoms with Crippen molar-refractivity contribution in [3.8, 4) is 0 Å². The maximum atomic E-state index is 13.0. The number of hydrogen-bond acceptors (Lipinski definition) is 10. The van der Waals surface area contributed by atoms with Crippen LogP contribution >= 0.6 is 0 Å². The molecule has 0 aromatic rings. The number of hydrogen-bond donors (Lipinski definition) is 5. The molecule has 41 heavy (non-hydrogen) atoms. The van der Waals surface area contributed by atoms with E-state index in [-0.39, 0.29) is 48.3 Å². The first kappa shape index (κ1) is 32.4. The number of fused-ring (bicyclic) bond motifs is 5. The van der Waals surface area contributed by atoms with Crippen molar-refractivity contribution in [1.82, 2.24) is 0 Å². The van der Waals surface area contributed by atoms with E-state index < -0.39 is 64.6 Å². The van der Waals surface area contributed by atoms with Crippen LogP contribution in [0.15, 0.2) is 11.6 Å². The van der Waals surface area contributed by atoms with Crippen LogP contribution in [0.2, 0.25) is 0 Å². The molecular weight excluding hydrogens is 540 g/mol. The van der Waals surface area contributed by atoms with Crippen molar-refractivity contribution < 1.29 is 60.3 Å². The highest BCUT2D eigenvalue weighted by Gasteiger charge is 2.74. The second-order valence-electron chi connectivity index (χ2n) is 13.4. The van der Waals surface area contributed by atoms with Crippen molar-refractivity contribution in [2.24, 2.45) is 28.6 Å². The summed E-state index contributed by atoms with van der Waals surface area (Å²) in [4.78, 5) is 24.8. The number of carbonyl (C=O) groups is 2. The number of rotatable bonds is 4. The van der Waals surface area contributed by atoms with Gasteiger partial charge in [0.15, 0.2) is 6.29 Å². The minimum absolute atomic E-state index is 0. The molecule has 4 aliphatic carbocycles. The number of aliphatic hydroxyl groups is 5. The van der Waals surface area contributed by atoms with Gasteiger partial charge in [-0.05, 0) is 75.2 Å². The molecule has 234 valence electrons. The van der Waals surface area contributed by atoms with Gasteiger partial charge in [0, 0.05) is 24.3 Å². The fourth-order valence-electron chi connectivity index (χ4n) is 9.75. The minimum atomic E-state index is -1.40. The predicted octanol–water partition coefficient (Wildman–Crippen LogP) is -0.899. The molecule has 6 aliphatic rings. The SMILES string of the molecule is C[C@@H]1C[C@@H](O)[C@@H](O)[C@H](O[C@H]2CC[C@]3(C=O)[C@H]4C[C@@H](O)[C@]5(C)[C@@H](C6=CC(=O)OC6)CC[C@]5(O)[C@@H]4CC[C@]3(O)C2)O1.O.O. The first-order chi connectivity index (χ1) is 18.4. The van der Waals surface area contributed by atoms with Crippen LogP contribution in [0.5, 0.6) is 0 Å². The molecular formula is C29H46O12. The lowest BCUT2D eigenvalue weighted by atomic mass is 9.41. The zero-order chi connectivity index (χ0) is 28.0. The lowest BCUT2D eigenvalue weighted by Crippen LogP contribution is -2.71. The van der Waals surface area contributed by atoms with Gasteiger partial charge in [0.05, 0.1) is 41.0 Å². The Morgan fingerprint density at radius 1 is 1.02 bits per heavy atom. The summed E-state index contributed by atoms with van der Waals surface area (Å²) in [6.45, 7) is 3.87. The van der Waals surface area contributed by atoms with Crippen molar-refractivity contribution in [1.29, 1.82) is 0 Å². The largest absolute Gasteiger partial charge is 0.458 e. The van der Waals surface area contributed by atoms with Gasteiger partial charge in [-0.2, -0.15) is 0 Å². The molecule has 4 saturated carbocycles. The summed E-state index contributed by atoms with van der Waals surface area (Å²) in [7, 11) is 0. The second-order valence-corrected chi connectivity index (χ2v) is 13.4. The summed E-state index contributed by atoms with van der Waals surface area (Å²) in [6.07, 6.45) is 0.759. The van der Waals surface area contributed by atoms with E-state index in [1.165, 1.54) is 6.08 Å². The summed E-state index contributed by atoms with van der Waals surface area (Å²) in [5, 5.41) is 56.7. The maximum Gasteiger partial charge on any atom is 0.331 e. The Bertz CT molecular complexity index is 1050. The predicted molar refractivity (Wildman–Crippen MR) is 142 cm³/mol. The number of esters is 1. The molecule has 13 atom stereocenters. The van der Waals surface area contributed by atoms with E-state index in [1.807, 2.05) is 6.92 Å². The lowest BCUT2D eigenvalue weighted by Gasteiger charge is -2.66. The van der Waals surface area contributed by atoms with Crippen LogP contribution in [0.4, 0.5) is 0 Å². The van der Waals surface area contributed by atoms with Gasteiger partial charge in [-0.15, -0.1) is 0 Å². The molecule has 5 fully saturated rings. The second kappa shape index (κ2) is 10.9. The highest BCUT2D eigenvalue weighted by molar-refractivity contribution is 5.85. The van der Waals surface area contributed by atoms with Gasteiger partial charge in [0.25, 0.3) is 0 Å². The molecule has 1 saturated heterocycles. The molecule has 2 heterocycles. The summed E-state index contributed by atoms with van der Waals surface area (Å²) in [6, 6.07) is 0. The monoisotopic (exact) mass is 586 g/mol. The van der Waals surface area contributed by atoms with E-state index in [0.29, 0.717) is 44.9 Å². The first-order valence-corrected chi connectivity index (χ1v) is 14.5. The molecule has 0 aromatic carbocycles. The van der Waals surface area contributed by atoms with E-state index in [2.05, 4.69) is 0 Å². The van der Waals surface area contributed by atoms with Crippen molar-refractivity contribution in [3.05, 3.63) is 11.6 Å². The topological polar surface area (TPSA) is 226 Å². The fourth-order valence-corrected chi connectivity index (χ4v) is 9.75.